The van der Waals surface area contributed by atoms with E-state index in [0.717, 1.165) is 25.1 Å². The van der Waals surface area contributed by atoms with Crippen molar-refractivity contribution in [1.82, 2.24) is 20.1 Å². The van der Waals surface area contributed by atoms with Crippen molar-refractivity contribution in [2.75, 3.05) is 26.7 Å². The first-order valence-corrected chi connectivity index (χ1v) is 11.6. The Labute approximate surface area is 192 Å². The van der Waals surface area contributed by atoms with Crippen molar-refractivity contribution in [2.45, 2.75) is 45.7 Å². The Morgan fingerprint density at radius 1 is 1.22 bits per heavy atom. The van der Waals surface area contributed by atoms with Gasteiger partial charge in [-0.25, -0.2) is 0 Å². The lowest BCUT2D eigenvalue weighted by Gasteiger charge is -2.41. The van der Waals surface area contributed by atoms with E-state index in [9.17, 15) is 9.59 Å². The van der Waals surface area contributed by atoms with Gasteiger partial charge in [-0.15, -0.1) is 0 Å². The summed E-state index contributed by atoms with van der Waals surface area (Å²) in [7, 11) is 2.10. The molecule has 32 heavy (non-hydrogen) atoms. The first kappa shape index (κ1) is 23.9. The number of amides is 2. The Balaban J connectivity index is 1.58. The molecule has 1 N–H and O–H groups in total. The van der Waals surface area contributed by atoms with Gasteiger partial charge in [0.2, 0.25) is 11.8 Å². The monoisotopic (exact) mass is 436 g/mol. The molecule has 0 spiro atoms. The molecule has 2 aromatic rings. The molecule has 6 heteroatoms. The topological polar surface area (TPSA) is 65.5 Å². The molecule has 1 aromatic carbocycles. The van der Waals surface area contributed by atoms with Crippen LogP contribution in [0.25, 0.3) is 0 Å². The largest absolute Gasteiger partial charge is 0.356 e. The first-order valence-electron chi connectivity index (χ1n) is 11.6. The van der Waals surface area contributed by atoms with Gasteiger partial charge >= 0.3 is 0 Å². The van der Waals surface area contributed by atoms with Crippen LogP contribution in [0.1, 0.15) is 50.3 Å². The summed E-state index contributed by atoms with van der Waals surface area (Å²) in [6.45, 7) is 7.28. The van der Waals surface area contributed by atoms with Gasteiger partial charge in [0.25, 0.3) is 0 Å². The van der Waals surface area contributed by atoms with E-state index < -0.39 is 0 Å². The third-order valence-corrected chi connectivity index (χ3v) is 5.94. The van der Waals surface area contributed by atoms with Gasteiger partial charge < -0.3 is 15.1 Å². The number of nitrogens with zero attached hydrogens (tertiary/aromatic N) is 3. The van der Waals surface area contributed by atoms with Crippen molar-refractivity contribution < 1.29 is 9.59 Å². The van der Waals surface area contributed by atoms with Crippen LogP contribution in [-0.2, 0) is 16.1 Å². The maximum Gasteiger partial charge on any atom is 0.225 e. The number of hydrogen-bond donors (Lipinski definition) is 1. The zero-order valence-corrected chi connectivity index (χ0v) is 19.5. The van der Waals surface area contributed by atoms with Gasteiger partial charge in [0.1, 0.15) is 0 Å². The second kappa shape index (κ2) is 11.8. The maximum absolute atomic E-state index is 13.2. The van der Waals surface area contributed by atoms with Crippen molar-refractivity contribution in [3.8, 4) is 0 Å². The van der Waals surface area contributed by atoms with Crippen LogP contribution < -0.4 is 5.32 Å². The average molecular weight is 437 g/mol. The zero-order valence-electron chi connectivity index (χ0n) is 19.5. The van der Waals surface area contributed by atoms with Crippen LogP contribution >= 0.6 is 0 Å². The Kier molecular flexibility index (Phi) is 8.80. The smallest absolute Gasteiger partial charge is 0.225 e. The van der Waals surface area contributed by atoms with Gasteiger partial charge in [0.05, 0.1) is 12.0 Å². The first-order chi connectivity index (χ1) is 15.5. The van der Waals surface area contributed by atoms with Crippen LogP contribution in [0.5, 0.6) is 0 Å². The van der Waals surface area contributed by atoms with Crippen LogP contribution in [0.2, 0.25) is 0 Å². The quantitative estimate of drug-likeness (QED) is 0.578. The number of benzene rings is 1. The van der Waals surface area contributed by atoms with Crippen molar-refractivity contribution in [2.24, 2.45) is 11.8 Å². The van der Waals surface area contributed by atoms with Crippen molar-refractivity contribution in [3.63, 3.8) is 0 Å². The van der Waals surface area contributed by atoms with E-state index in [4.69, 9.17) is 0 Å². The van der Waals surface area contributed by atoms with E-state index in [2.05, 4.69) is 60.4 Å². The van der Waals surface area contributed by atoms with Gasteiger partial charge in [-0.2, -0.15) is 0 Å². The minimum absolute atomic E-state index is 0.0332. The highest BCUT2D eigenvalue weighted by molar-refractivity contribution is 5.85. The molecule has 1 aromatic heterocycles. The second-order valence-electron chi connectivity index (χ2n) is 9.18. The highest BCUT2D eigenvalue weighted by Crippen LogP contribution is 2.37. The zero-order chi connectivity index (χ0) is 22.9. The van der Waals surface area contributed by atoms with Gasteiger partial charge in [0.15, 0.2) is 0 Å². The van der Waals surface area contributed by atoms with E-state index in [1.807, 2.05) is 23.1 Å². The lowest BCUT2D eigenvalue weighted by atomic mass is 9.83. The third-order valence-electron chi connectivity index (χ3n) is 5.94. The van der Waals surface area contributed by atoms with Crippen molar-refractivity contribution in [3.05, 3.63) is 66.0 Å². The molecule has 2 heterocycles. The van der Waals surface area contributed by atoms with Crippen LogP contribution in [0.3, 0.4) is 0 Å². The molecule has 1 aliphatic heterocycles. The Morgan fingerprint density at radius 2 is 2.00 bits per heavy atom. The number of piperidine rings is 1. The van der Waals surface area contributed by atoms with E-state index in [0.29, 0.717) is 31.8 Å². The van der Waals surface area contributed by atoms with Crippen LogP contribution in [0, 0.1) is 11.8 Å². The number of carbonyl (C=O) groups is 2. The molecule has 2 unspecified atom stereocenters. The molecule has 1 fully saturated rings. The number of likely N-dealkylation sites (tertiary alicyclic amines) is 1. The van der Waals surface area contributed by atoms with Gasteiger partial charge in [-0.1, -0.05) is 50.2 Å². The fourth-order valence-electron chi connectivity index (χ4n) is 4.47. The summed E-state index contributed by atoms with van der Waals surface area (Å²) in [6, 6.07) is 14.0. The van der Waals surface area contributed by atoms with Gasteiger partial charge in [-0.3, -0.25) is 14.6 Å². The summed E-state index contributed by atoms with van der Waals surface area (Å²) in [5, 5.41) is 3.14. The Hall–Kier alpha value is -2.73. The normalized spacial score (nSPS) is 18.9. The van der Waals surface area contributed by atoms with Gasteiger partial charge in [-0.05, 0) is 49.5 Å². The number of rotatable bonds is 10. The van der Waals surface area contributed by atoms with Gasteiger partial charge in [0, 0.05) is 38.4 Å². The molecule has 0 aliphatic carbocycles. The molecule has 1 aliphatic rings. The molecule has 1 saturated heterocycles. The minimum Gasteiger partial charge on any atom is -0.356 e. The molecule has 2 amide bonds. The molecule has 0 bridgehead atoms. The standard InChI is InChI=1S/C26H36N4O2/c1-20(2)18-30-24(31)13-12-23(25(30)22-11-7-14-27-17-22)26(32)28-15-8-16-29(3)19-21-9-5-4-6-10-21/h4-7,9-11,14,17,20,23,25H,8,12-13,15-16,18-19H2,1-3H3,(H,28,32). The fourth-order valence-corrected chi connectivity index (χ4v) is 4.47. The summed E-state index contributed by atoms with van der Waals surface area (Å²) in [6.07, 6.45) is 5.39. The summed E-state index contributed by atoms with van der Waals surface area (Å²) in [5.74, 6) is 0.239. The van der Waals surface area contributed by atoms with E-state index in [1.165, 1.54) is 5.56 Å². The third kappa shape index (κ3) is 6.63. The summed E-state index contributed by atoms with van der Waals surface area (Å²) in [5.41, 5.74) is 2.22. The Morgan fingerprint density at radius 3 is 2.69 bits per heavy atom. The molecule has 2 atom stereocenters. The molecule has 3 rings (SSSR count). The fraction of sp³-hybridized carbons (Fsp3) is 0.500. The molecule has 6 nitrogen and oxygen atoms in total. The maximum atomic E-state index is 13.2. The van der Waals surface area contributed by atoms with E-state index in [-0.39, 0.29) is 23.8 Å². The number of carbonyl (C=O) groups excluding carboxylic acids is 2. The molecule has 0 radical (unpaired) electrons. The lowest BCUT2D eigenvalue weighted by Crippen LogP contribution is -2.49. The van der Waals surface area contributed by atoms with E-state index >= 15 is 0 Å². The summed E-state index contributed by atoms with van der Waals surface area (Å²) in [4.78, 5) is 34.3. The molecular weight excluding hydrogens is 400 g/mol. The molecular formula is C26H36N4O2. The summed E-state index contributed by atoms with van der Waals surface area (Å²) < 4.78 is 0. The predicted molar refractivity (Wildman–Crippen MR) is 127 cm³/mol. The predicted octanol–water partition coefficient (Wildman–Crippen LogP) is 3.66. The lowest BCUT2D eigenvalue weighted by molar-refractivity contribution is -0.144. The SMILES string of the molecule is CC(C)CN1C(=O)CCC(C(=O)NCCCN(C)Cc2ccccc2)C1c1cccnc1. The highest BCUT2D eigenvalue weighted by atomic mass is 16.2. The highest BCUT2D eigenvalue weighted by Gasteiger charge is 2.40. The minimum atomic E-state index is -0.256. The number of nitrogens with one attached hydrogen (secondary N) is 1. The van der Waals surface area contributed by atoms with E-state index in [1.54, 1.807) is 12.4 Å². The summed E-state index contributed by atoms with van der Waals surface area (Å²) >= 11 is 0. The van der Waals surface area contributed by atoms with Crippen molar-refractivity contribution in [1.29, 1.82) is 0 Å². The second-order valence-corrected chi connectivity index (χ2v) is 9.18. The number of hydrogen-bond acceptors (Lipinski definition) is 4. The molecule has 172 valence electrons. The van der Waals surface area contributed by atoms with Crippen molar-refractivity contribution >= 4 is 11.8 Å². The number of pyridine rings is 1. The van der Waals surface area contributed by atoms with Crippen LogP contribution in [-0.4, -0.2) is 53.3 Å². The number of aromatic nitrogens is 1. The molecule has 0 saturated carbocycles. The van der Waals surface area contributed by atoms with Crippen LogP contribution in [0.15, 0.2) is 54.9 Å². The Bertz CT molecular complexity index is 857. The van der Waals surface area contributed by atoms with Crippen LogP contribution in [0.4, 0.5) is 0 Å². The average Bonchev–Trinajstić information content (AvgIpc) is 2.79.